The van der Waals surface area contributed by atoms with Crippen molar-refractivity contribution in [2.45, 2.75) is 32.7 Å². The fraction of sp³-hybridized carbons (Fsp3) is 0.562. The van der Waals surface area contributed by atoms with Crippen molar-refractivity contribution in [3.63, 3.8) is 0 Å². The molecule has 1 aromatic carbocycles. The molecule has 1 N–H and O–H groups in total. The molecule has 1 aliphatic heterocycles. The second-order valence-corrected chi connectivity index (χ2v) is 5.76. The lowest BCUT2D eigenvalue weighted by atomic mass is 9.96. The lowest BCUT2D eigenvalue weighted by Gasteiger charge is -2.35. The van der Waals surface area contributed by atoms with Gasteiger partial charge in [-0.3, -0.25) is 0 Å². The molecule has 0 aliphatic carbocycles. The molecule has 1 fully saturated rings. The summed E-state index contributed by atoms with van der Waals surface area (Å²) >= 11 is 0. The molecular formula is C16H22FN3. The summed E-state index contributed by atoms with van der Waals surface area (Å²) < 4.78 is 13.7. The molecule has 3 nitrogen and oxygen atoms in total. The van der Waals surface area contributed by atoms with Gasteiger partial charge in [0.2, 0.25) is 0 Å². The molecule has 108 valence electrons. The molecule has 4 heteroatoms. The summed E-state index contributed by atoms with van der Waals surface area (Å²) in [6, 6.07) is 7.35. The predicted octanol–water partition coefficient (Wildman–Crippen LogP) is 2.91. The number of benzene rings is 1. The van der Waals surface area contributed by atoms with E-state index in [-0.39, 0.29) is 5.56 Å². The quantitative estimate of drug-likeness (QED) is 0.918. The highest BCUT2D eigenvalue weighted by Gasteiger charge is 2.22. The maximum absolute atomic E-state index is 13.7. The summed E-state index contributed by atoms with van der Waals surface area (Å²) in [6.45, 7) is 7.04. The first-order valence-electron chi connectivity index (χ1n) is 7.28. The number of hydrogen-bond acceptors (Lipinski definition) is 3. The van der Waals surface area contributed by atoms with Gasteiger partial charge >= 0.3 is 0 Å². The van der Waals surface area contributed by atoms with E-state index >= 15 is 0 Å². The molecular weight excluding hydrogens is 253 g/mol. The van der Waals surface area contributed by atoms with Gasteiger partial charge < -0.3 is 10.2 Å². The number of halogens is 1. The van der Waals surface area contributed by atoms with Crippen LogP contribution in [0.1, 0.15) is 32.3 Å². The number of piperidine rings is 1. The number of nitrogens with one attached hydrogen (secondary N) is 1. The van der Waals surface area contributed by atoms with Gasteiger partial charge in [-0.1, -0.05) is 19.9 Å². The van der Waals surface area contributed by atoms with Gasteiger partial charge in [0, 0.05) is 19.1 Å². The van der Waals surface area contributed by atoms with Crippen molar-refractivity contribution >= 4 is 5.69 Å². The molecule has 0 amide bonds. The fourth-order valence-electron chi connectivity index (χ4n) is 2.74. The fourth-order valence-corrected chi connectivity index (χ4v) is 2.74. The van der Waals surface area contributed by atoms with Crippen molar-refractivity contribution < 1.29 is 4.39 Å². The summed E-state index contributed by atoms with van der Waals surface area (Å²) in [5, 5.41) is 12.6. The second-order valence-electron chi connectivity index (χ2n) is 5.76. The van der Waals surface area contributed by atoms with E-state index in [4.69, 9.17) is 5.26 Å². The Morgan fingerprint density at radius 2 is 2.30 bits per heavy atom. The molecule has 1 saturated heterocycles. The largest absolute Gasteiger partial charge is 0.370 e. The molecule has 20 heavy (non-hydrogen) atoms. The van der Waals surface area contributed by atoms with Crippen molar-refractivity contribution in [1.82, 2.24) is 5.32 Å². The molecule has 0 radical (unpaired) electrons. The highest BCUT2D eigenvalue weighted by molar-refractivity contribution is 5.60. The van der Waals surface area contributed by atoms with Crippen LogP contribution < -0.4 is 10.2 Å². The third-order valence-electron chi connectivity index (χ3n) is 3.78. The normalized spacial score (nSPS) is 19.1. The maximum atomic E-state index is 13.7. The van der Waals surface area contributed by atoms with E-state index in [0.717, 1.165) is 31.7 Å². The molecule has 0 saturated carbocycles. The smallest absolute Gasteiger partial charge is 0.143 e. The Labute approximate surface area is 120 Å². The Kier molecular flexibility index (Phi) is 4.97. The molecule has 0 aromatic heterocycles. The zero-order chi connectivity index (χ0) is 14.5. The Morgan fingerprint density at radius 1 is 1.50 bits per heavy atom. The van der Waals surface area contributed by atoms with Crippen LogP contribution in [0.2, 0.25) is 0 Å². The lowest BCUT2D eigenvalue weighted by Crippen LogP contribution is -2.41. The zero-order valence-corrected chi connectivity index (χ0v) is 12.2. The summed E-state index contributed by atoms with van der Waals surface area (Å²) in [7, 11) is 0. The van der Waals surface area contributed by atoms with Gasteiger partial charge in [0.1, 0.15) is 17.4 Å². The molecule has 1 aliphatic rings. The number of hydrogen-bond donors (Lipinski definition) is 1. The van der Waals surface area contributed by atoms with Gasteiger partial charge in [-0.15, -0.1) is 0 Å². The number of nitrogens with zero attached hydrogens (tertiary/aromatic N) is 2. The standard InChI is InChI=1S/C16H22FN3/c1-12(2)19-10-13-5-4-8-20(11-13)16-7-3-6-15(17)14(16)9-18/h3,6-7,12-13,19H,4-5,8,10-11H2,1-2H3. The van der Waals surface area contributed by atoms with Gasteiger partial charge in [0.05, 0.1) is 5.69 Å². The Balaban J connectivity index is 2.09. The number of nitriles is 1. The van der Waals surface area contributed by atoms with Crippen LogP contribution in [0.25, 0.3) is 0 Å². The van der Waals surface area contributed by atoms with Crippen LogP contribution >= 0.6 is 0 Å². The second kappa shape index (κ2) is 6.71. The van der Waals surface area contributed by atoms with E-state index in [1.54, 1.807) is 6.07 Å². The third kappa shape index (κ3) is 3.49. The van der Waals surface area contributed by atoms with Crippen LogP contribution in [0.15, 0.2) is 18.2 Å². The molecule has 1 aromatic rings. The molecule has 1 atom stereocenters. The minimum Gasteiger partial charge on any atom is -0.370 e. The highest BCUT2D eigenvalue weighted by atomic mass is 19.1. The predicted molar refractivity (Wildman–Crippen MR) is 79.2 cm³/mol. The summed E-state index contributed by atoms with van der Waals surface area (Å²) in [6.07, 6.45) is 2.28. The molecule has 1 heterocycles. The van der Waals surface area contributed by atoms with Crippen molar-refractivity contribution in [2.75, 3.05) is 24.5 Å². The Hall–Kier alpha value is -1.60. The topological polar surface area (TPSA) is 39.1 Å². The first-order valence-corrected chi connectivity index (χ1v) is 7.28. The maximum Gasteiger partial charge on any atom is 0.143 e. The van der Waals surface area contributed by atoms with Crippen LogP contribution in [0.4, 0.5) is 10.1 Å². The molecule has 2 rings (SSSR count). The van der Waals surface area contributed by atoms with Gasteiger partial charge in [0.25, 0.3) is 0 Å². The highest BCUT2D eigenvalue weighted by Crippen LogP contribution is 2.27. The average Bonchev–Trinajstić information content (AvgIpc) is 2.45. The van der Waals surface area contributed by atoms with Crippen LogP contribution in [0.5, 0.6) is 0 Å². The molecule has 0 spiro atoms. The minimum absolute atomic E-state index is 0.171. The van der Waals surface area contributed by atoms with Crippen LogP contribution in [0, 0.1) is 23.1 Å². The van der Waals surface area contributed by atoms with Crippen molar-refractivity contribution in [3.05, 3.63) is 29.6 Å². The minimum atomic E-state index is -0.424. The van der Waals surface area contributed by atoms with Crippen LogP contribution in [0.3, 0.4) is 0 Å². The van der Waals surface area contributed by atoms with Gasteiger partial charge in [0.15, 0.2) is 0 Å². The van der Waals surface area contributed by atoms with Crippen LogP contribution in [-0.2, 0) is 0 Å². The van der Waals surface area contributed by atoms with E-state index in [9.17, 15) is 4.39 Å². The zero-order valence-electron chi connectivity index (χ0n) is 12.2. The Bertz CT molecular complexity index is 493. The Morgan fingerprint density at radius 3 is 3.00 bits per heavy atom. The third-order valence-corrected chi connectivity index (χ3v) is 3.78. The first-order chi connectivity index (χ1) is 9.61. The van der Waals surface area contributed by atoms with E-state index in [2.05, 4.69) is 24.1 Å². The average molecular weight is 275 g/mol. The molecule has 0 bridgehead atoms. The van der Waals surface area contributed by atoms with E-state index in [1.165, 1.54) is 12.5 Å². The summed E-state index contributed by atoms with van der Waals surface area (Å²) in [5.74, 6) is 0.133. The summed E-state index contributed by atoms with van der Waals surface area (Å²) in [4.78, 5) is 2.15. The lowest BCUT2D eigenvalue weighted by molar-refractivity contribution is 0.379. The van der Waals surface area contributed by atoms with Crippen molar-refractivity contribution in [3.8, 4) is 6.07 Å². The van der Waals surface area contributed by atoms with E-state index in [1.807, 2.05) is 12.1 Å². The number of anilines is 1. The molecule has 1 unspecified atom stereocenters. The number of rotatable bonds is 4. The van der Waals surface area contributed by atoms with Gasteiger partial charge in [-0.25, -0.2) is 4.39 Å². The SMILES string of the molecule is CC(C)NCC1CCCN(c2cccc(F)c2C#N)C1. The van der Waals surface area contributed by atoms with Crippen LogP contribution in [-0.4, -0.2) is 25.7 Å². The monoisotopic (exact) mass is 275 g/mol. The van der Waals surface area contributed by atoms with E-state index < -0.39 is 5.82 Å². The first kappa shape index (κ1) is 14.8. The van der Waals surface area contributed by atoms with Crippen molar-refractivity contribution in [1.29, 1.82) is 5.26 Å². The van der Waals surface area contributed by atoms with E-state index in [0.29, 0.717) is 12.0 Å². The van der Waals surface area contributed by atoms with Crippen molar-refractivity contribution in [2.24, 2.45) is 5.92 Å². The summed E-state index contributed by atoms with van der Waals surface area (Å²) in [5.41, 5.74) is 0.909. The van der Waals surface area contributed by atoms with Gasteiger partial charge in [-0.2, -0.15) is 5.26 Å². The van der Waals surface area contributed by atoms with Gasteiger partial charge in [-0.05, 0) is 37.4 Å².